The van der Waals surface area contributed by atoms with Crippen LogP contribution in [0.25, 0.3) is 0 Å². The van der Waals surface area contributed by atoms with Crippen molar-refractivity contribution in [3.8, 4) is 0 Å². The molecule has 0 saturated carbocycles. The maximum atomic E-state index is 9.77. The lowest BCUT2D eigenvalue weighted by molar-refractivity contribution is -0.165. The van der Waals surface area contributed by atoms with Gasteiger partial charge < -0.3 is 35.7 Å². The Morgan fingerprint density at radius 1 is 0.682 bits per heavy atom. The van der Waals surface area contributed by atoms with E-state index in [1.807, 2.05) is 0 Å². The van der Waals surface area contributed by atoms with Crippen molar-refractivity contribution in [2.75, 3.05) is 0 Å². The van der Waals surface area contributed by atoms with Gasteiger partial charge in [-0.1, -0.05) is 0 Å². The van der Waals surface area contributed by atoms with Gasteiger partial charge in [0.25, 0.3) is 5.97 Å². The summed E-state index contributed by atoms with van der Waals surface area (Å²) in [6.07, 6.45) is -5.13. The SMILES string of the molecule is CC(=O)O.O=C(O)C(O)C(O)C(=O)O.O=C(O)CCC(=O)O. The number of hydrogen-bond acceptors (Lipinski definition) is 7. The average Bonchev–Trinajstić information content (AvgIpc) is 2.34. The smallest absolute Gasteiger partial charge is 0.335 e. The zero-order valence-corrected chi connectivity index (χ0v) is 11.2. The number of aliphatic carboxylic acids is 5. The van der Waals surface area contributed by atoms with Crippen molar-refractivity contribution in [3.05, 3.63) is 0 Å². The van der Waals surface area contributed by atoms with Gasteiger partial charge in [0.2, 0.25) is 0 Å². The molecule has 0 aromatic rings. The number of hydrogen-bond donors (Lipinski definition) is 7. The van der Waals surface area contributed by atoms with E-state index in [0.717, 1.165) is 6.92 Å². The number of carboxylic acids is 5. The van der Waals surface area contributed by atoms with E-state index >= 15 is 0 Å². The molecule has 0 rings (SSSR count). The molecule has 0 fully saturated rings. The molecule has 0 aliphatic rings. The summed E-state index contributed by atoms with van der Waals surface area (Å²) in [6.45, 7) is 1.08. The van der Waals surface area contributed by atoms with Gasteiger partial charge in [-0.3, -0.25) is 14.4 Å². The van der Waals surface area contributed by atoms with Gasteiger partial charge >= 0.3 is 23.9 Å². The molecule has 128 valence electrons. The molecule has 0 bridgehead atoms. The van der Waals surface area contributed by atoms with Gasteiger partial charge in [-0.05, 0) is 0 Å². The van der Waals surface area contributed by atoms with Gasteiger partial charge in [0.05, 0.1) is 12.8 Å². The third-order valence-electron chi connectivity index (χ3n) is 1.36. The highest BCUT2D eigenvalue weighted by atomic mass is 16.4. The van der Waals surface area contributed by atoms with E-state index in [4.69, 9.17) is 40.5 Å². The summed E-state index contributed by atoms with van der Waals surface area (Å²) in [4.78, 5) is 47.8. The zero-order chi connectivity index (χ0) is 18.5. The predicted molar refractivity (Wildman–Crippen MR) is 65.1 cm³/mol. The van der Waals surface area contributed by atoms with Crippen LogP contribution in [0.5, 0.6) is 0 Å². The fourth-order valence-electron chi connectivity index (χ4n) is 0.484. The van der Waals surface area contributed by atoms with Crippen molar-refractivity contribution >= 4 is 29.8 Å². The van der Waals surface area contributed by atoms with E-state index < -0.39 is 42.1 Å². The van der Waals surface area contributed by atoms with Crippen molar-refractivity contribution < 1.29 is 59.7 Å². The molecule has 0 aromatic heterocycles. The first kappa shape index (κ1) is 24.3. The lowest BCUT2D eigenvalue weighted by Crippen LogP contribution is -2.39. The first-order chi connectivity index (χ1) is 9.82. The van der Waals surface area contributed by atoms with Gasteiger partial charge in [0, 0.05) is 6.92 Å². The highest BCUT2D eigenvalue weighted by Gasteiger charge is 2.29. The van der Waals surface area contributed by atoms with Crippen LogP contribution in [-0.2, 0) is 24.0 Å². The summed E-state index contributed by atoms with van der Waals surface area (Å²) in [6, 6.07) is 0. The molecule has 0 aliphatic heterocycles. The van der Waals surface area contributed by atoms with E-state index in [-0.39, 0.29) is 12.8 Å². The third-order valence-corrected chi connectivity index (χ3v) is 1.36. The average molecular weight is 328 g/mol. The highest BCUT2D eigenvalue weighted by Crippen LogP contribution is 1.92. The van der Waals surface area contributed by atoms with E-state index in [1.54, 1.807) is 0 Å². The minimum absolute atomic E-state index is 0.296. The summed E-state index contributed by atoms with van der Waals surface area (Å²) < 4.78 is 0. The van der Waals surface area contributed by atoms with Gasteiger partial charge in [-0.15, -0.1) is 0 Å². The lowest BCUT2D eigenvalue weighted by Gasteiger charge is -2.07. The maximum absolute atomic E-state index is 9.77. The minimum Gasteiger partial charge on any atom is -0.481 e. The first-order valence-corrected chi connectivity index (χ1v) is 5.27. The summed E-state index contributed by atoms with van der Waals surface area (Å²) in [5.41, 5.74) is 0. The number of aliphatic hydroxyl groups is 2. The molecule has 0 aliphatic carbocycles. The largest absolute Gasteiger partial charge is 0.481 e. The van der Waals surface area contributed by atoms with Crippen LogP contribution in [0, 0.1) is 0 Å². The second-order valence-corrected chi connectivity index (χ2v) is 3.37. The molecule has 0 heterocycles. The Balaban J connectivity index is -0.000000269. The summed E-state index contributed by atoms with van der Waals surface area (Å²) in [5, 5.41) is 55.7. The second kappa shape index (κ2) is 13.3. The fourth-order valence-corrected chi connectivity index (χ4v) is 0.484. The Hall–Kier alpha value is -2.73. The monoisotopic (exact) mass is 328 g/mol. The van der Waals surface area contributed by atoms with Crippen LogP contribution in [0.15, 0.2) is 0 Å². The van der Waals surface area contributed by atoms with Crippen LogP contribution in [0.3, 0.4) is 0 Å². The summed E-state index contributed by atoms with van der Waals surface area (Å²) in [7, 11) is 0. The fraction of sp³-hybridized carbons (Fsp3) is 0.500. The Morgan fingerprint density at radius 2 is 0.864 bits per heavy atom. The molecule has 0 radical (unpaired) electrons. The topological polar surface area (TPSA) is 227 Å². The molecule has 12 nitrogen and oxygen atoms in total. The molecule has 2 unspecified atom stereocenters. The molecule has 0 amide bonds. The van der Waals surface area contributed by atoms with Crippen molar-refractivity contribution in [1.29, 1.82) is 0 Å². The van der Waals surface area contributed by atoms with Crippen molar-refractivity contribution in [1.82, 2.24) is 0 Å². The van der Waals surface area contributed by atoms with Crippen LogP contribution < -0.4 is 0 Å². The minimum atomic E-state index is -2.27. The van der Waals surface area contributed by atoms with E-state index in [0.29, 0.717) is 0 Å². The van der Waals surface area contributed by atoms with Gasteiger partial charge in [-0.25, -0.2) is 9.59 Å². The van der Waals surface area contributed by atoms with Crippen LogP contribution in [0.4, 0.5) is 0 Å². The zero-order valence-electron chi connectivity index (χ0n) is 11.2. The van der Waals surface area contributed by atoms with Gasteiger partial charge in [0.15, 0.2) is 12.2 Å². The van der Waals surface area contributed by atoms with Crippen molar-refractivity contribution in [3.63, 3.8) is 0 Å². The summed E-state index contributed by atoms with van der Waals surface area (Å²) >= 11 is 0. The Kier molecular flexibility index (Phi) is 14.6. The van der Waals surface area contributed by atoms with Crippen LogP contribution in [0.2, 0.25) is 0 Å². The van der Waals surface area contributed by atoms with Crippen LogP contribution in [0.1, 0.15) is 19.8 Å². The predicted octanol–water partition coefficient (Wildman–Crippen LogP) is -2.10. The molecule has 22 heavy (non-hydrogen) atoms. The molecule has 0 saturated heterocycles. The molecule has 12 heteroatoms. The molecule has 0 aromatic carbocycles. The lowest BCUT2D eigenvalue weighted by atomic mass is 10.2. The molecular formula is C10H16O12. The van der Waals surface area contributed by atoms with Crippen molar-refractivity contribution in [2.24, 2.45) is 0 Å². The van der Waals surface area contributed by atoms with Crippen LogP contribution in [-0.4, -0.2) is 77.8 Å². The normalized spacial score (nSPS) is 11.4. The summed E-state index contributed by atoms with van der Waals surface area (Å²) in [5.74, 6) is -6.52. The Morgan fingerprint density at radius 3 is 0.955 bits per heavy atom. The number of rotatable bonds is 6. The third kappa shape index (κ3) is 22.5. The van der Waals surface area contributed by atoms with E-state index in [2.05, 4.69) is 0 Å². The number of carboxylic acid groups (broad SMARTS) is 5. The van der Waals surface area contributed by atoms with E-state index in [9.17, 15) is 19.2 Å². The van der Waals surface area contributed by atoms with Crippen LogP contribution >= 0.6 is 0 Å². The molecular weight excluding hydrogens is 312 g/mol. The Labute approximate surface area is 122 Å². The molecule has 2 atom stereocenters. The number of aliphatic hydroxyl groups excluding tert-OH is 2. The first-order valence-electron chi connectivity index (χ1n) is 5.27. The second-order valence-electron chi connectivity index (χ2n) is 3.37. The quantitative estimate of drug-likeness (QED) is 0.278. The Bertz CT molecular complexity index is 365. The van der Waals surface area contributed by atoms with Gasteiger partial charge in [-0.2, -0.15) is 0 Å². The van der Waals surface area contributed by atoms with Gasteiger partial charge in [0.1, 0.15) is 0 Å². The standard InChI is InChI=1S/C4H6O6.C4H6O4.C2H4O2/c5-1(3(7)8)2(6)4(9)10;5-3(6)1-2-4(7)8;1-2(3)4/h1-2,5-6H,(H,7,8)(H,9,10);1-2H2,(H,5,6)(H,7,8);1H3,(H,3,4). The van der Waals surface area contributed by atoms with Crippen molar-refractivity contribution in [2.45, 2.75) is 32.0 Å². The van der Waals surface area contributed by atoms with E-state index in [1.165, 1.54) is 0 Å². The molecule has 7 N–H and O–H groups in total. The maximum Gasteiger partial charge on any atom is 0.335 e. The molecule has 0 spiro atoms. The highest BCUT2D eigenvalue weighted by molar-refractivity contribution is 5.83. The number of carbonyl (C=O) groups is 5.